The zero-order valence-corrected chi connectivity index (χ0v) is 26.7. The van der Waals surface area contributed by atoms with Crippen LogP contribution in [0, 0.1) is 17.3 Å². The van der Waals surface area contributed by atoms with Crippen molar-refractivity contribution in [2.45, 2.75) is 76.2 Å². The van der Waals surface area contributed by atoms with Gasteiger partial charge in [-0.1, -0.05) is 92.7 Å². The van der Waals surface area contributed by atoms with E-state index in [1.807, 2.05) is 13.0 Å². The number of carbonyl (C=O) groups is 1. The first-order chi connectivity index (χ1) is 20.7. The number of rotatable bonds is 9. The van der Waals surface area contributed by atoms with E-state index in [0.29, 0.717) is 18.3 Å². The third kappa shape index (κ3) is 4.45. The zero-order chi connectivity index (χ0) is 30.0. The Hall–Kier alpha value is -2.58. The highest BCUT2D eigenvalue weighted by molar-refractivity contribution is 7.98. The van der Waals surface area contributed by atoms with Gasteiger partial charge in [-0.2, -0.15) is 11.8 Å². The predicted molar refractivity (Wildman–Crippen MR) is 176 cm³/mol. The highest BCUT2D eigenvalue weighted by Crippen LogP contribution is 2.65. The Morgan fingerprint density at radius 2 is 1.58 bits per heavy atom. The van der Waals surface area contributed by atoms with Crippen LogP contribution in [0.1, 0.15) is 63.6 Å². The Morgan fingerprint density at radius 3 is 2.21 bits per heavy atom. The summed E-state index contributed by atoms with van der Waals surface area (Å²) in [7, 11) is -0.452. The number of thioether (sulfide) groups is 1. The summed E-state index contributed by atoms with van der Waals surface area (Å²) < 4.78 is 13.3. The van der Waals surface area contributed by atoms with Gasteiger partial charge in [0, 0.05) is 0 Å². The lowest BCUT2D eigenvalue weighted by Gasteiger charge is -2.64. The molecule has 224 valence electrons. The number of hydrogen-bond acceptors (Lipinski definition) is 5. The summed E-state index contributed by atoms with van der Waals surface area (Å²) in [5, 5.41) is 7.30. The smallest absolute Gasteiger partial charge is 0.404 e. The first-order valence-corrected chi connectivity index (χ1v) is 17.2. The topological polar surface area (TPSA) is 59.6 Å². The van der Waals surface area contributed by atoms with Gasteiger partial charge >= 0.3 is 7.12 Å². The SMILES string of the molecule is CSCC[C@@H](NC1(c2ccccc2)c2ccccc2-c2ccccc21)C(=O)N[C@@H](C)B1O[C@@H]2C[C@@H]3C[C@@H](C3(C)C)[C@]2(C)O1. The number of fused-ring (bicyclic) bond motifs is 3. The fourth-order valence-corrected chi connectivity index (χ4v) is 9.22. The standard InChI is InChI=1S/C36H43BN2O3S/c1-23(37-41-32-22-25-21-31(34(25,2)3)35(32,4)42-37)38-33(40)30(19-20-43-5)39-36(24-13-7-6-8-14-24)28-17-11-9-15-26(28)27-16-10-12-18-29(27)36/h6-18,23,25,30-32,39H,19-22H2,1-5H3,(H,38,40)/t23-,25-,30+,31-,32+,35-/m0/s1. The summed E-state index contributed by atoms with van der Waals surface area (Å²) in [6.07, 6.45) is 5.13. The molecule has 7 heteroatoms. The second-order valence-electron chi connectivity index (χ2n) is 13.8. The highest BCUT2D eigenvalue weighted by atomic mass is 32.2. The van der Waals surface area contributed by atoms with Crippen molar-refractivity contribution in [1.82, 2.24) is 10.6 Å². The number of nitrogens with one attached hydrogen (secondary N) is 2. The second kappa shape index (κ2) is 10.8. The molecule has 0 spiro atoms. The maximum atomic E-state index is 14.3. The molecule has 4 aliphatic carbocycles. The summed E-state index contributed by atoms with van der Waals surface area (Å²) in [6, 6.07) is 27.3. The number of carbonyl (C=O) groups excluding carboxylic acids is 1. The van der Waals surface area contributed by atoms with Crippen LogP contribution in [-0.4, -0.2) is 48.7 Å². The van der Waals surface area contributed by atoms with E-state index in [-0.39, 0.29) is 29.0 Å². The molecular weight excluding hydrogens is 551 g/mol. The van der Waals surface area contributed by atoms with Crippen LogP contribution < -0.4 is 10.6 Å². The summed E-state index contributed by atoms with van der Waals surface area (Å²) in [5.74, 6) is 1.75. The molecule has 1 amide bonds. The lowest BCUT2D eigenvalue weighted by atomic mass is 9.43. The Bertz CT molecular complexity index is 1470. The van der Waals surface area contributed by atoms with Crippen molar-refractivity contribution in [3.63, 3.8) is 0 Å². The molecule has 3 aromatic rings. The van der Waals surface area contributed by atoms with Crippen LogP contribution in [0.15, 0.2) is 78.9 Å². The summed E-state index contributed by atoms with van der Waals surface area (Å²) in [6.45, 7) is 9.01. The van der Waals surface area contributed by atoms with E-state index >= 15 is 0 Å². The molecule has 43 heavy (non-hydrogen) atoms. The number of hydrogen-bond donors (Lipinski definition) is 2. The Balaban J connectivity index is 1.19. The molecule has 0 aromatic heterocycles. The van der Waals surface area contributed by atoms with Crippen molar-refractivity contribution in [3.8, 4) is 11.1 Å². The fourth-order valence-electron chi connectivity index (χ4n) is 8.75. The molecule has 5 nitrogen and oxygen atoms in total. The molecule has 2 bridgehead atoms. The van der Waals surface area contributed by atoms with E-state index in [2.05, 4.69) is 110 Å². The van der Waals surface area contributed by atoms with Gasteiger partial charge in [0.25, 0.3) is 0 Å². The van der Waals surface area contributed by atoms with Gasteiger partial charge in [0.05, 0.1) is 29.2 Å². The van der Waals surface area contributed by atoms with E-state index in [1.54, 1.807) is 11.8 Å². The van der Waals surface area contributed by atoms with Gasteiger partial charge in [0.15, 0.2) is 0 Å². The minimum atomic E-state index is -0.659. The summed E-state index contributed by atoms with van der Waals surface area (Å²) in [4.78, 5) is 14.3. The van der Waals surface area contributed by atoms with Crippen LogP contribution in [0.5, 0.6) is 0 Å². The first kappa shape index (κ1) is 29.2. The zero-order valence-electron chi connectivity index (χ0n) is 25.9. The van der Waals surface area contributed by atoms with Gasteiger partial charge in [0.1, 0.15) is 0 Å². The van der Waals surface area contributed by atoms with Crippen LogP contribution in [0.25, 0.3) is 11.1 Å². The second-order valence-corrected chi connectivity index (χ2v) is 14.8. The van der Waals surface area contributed by atoms with Crippen molar-refractivity contribution in [3.05, 3.63) is 95.6 Å². The fraction of sp³-hybridized carbons (Fsp3) is 0.472. The van der Waals surface area contributed by atoms with Gasteiger partial charge in [-0.3, -0.25) is 10.1 Å². The maximum Gasteiger partial charge on any atom is 0.481 e. The maximum absolute atomic E-state index is 14.3. The lowest BCUT2D eigenvalue weighted by molar-refractivity contribution is -0.199. The highest BCUT2D eigenvalue weighted by Gasteiger charge is 2.68. The van der Waals surface area contributed by atoms with E-state index < -0.39 is 18.7 Å². The normalized spacial score (nSPS) is 28.7. The molecule has 3 aromatic carbocycles. The average molecular weight is 595 g/mol. The molecule has 2 N–H and O–H groups in total. The van der Waals surface area contributed by atoms with Crippen molar-refractivity contribution in [2.75, 3.05) is 12.0 Å². The van der Waals surface area contributed by atoms with Crippen LogP contribution in [0.2, 0.25) is 0 Å². The minimum absolute atomic E-state index is 0.0180. The van der Waals surface area contributed by atoms with Crippen LogP contribution in [0.4, 0.5) is 0 Å². The molecule has 3 saturated carbocycles. The Kier molecular flexibility index (Phi) is 7.32. The third-order valence-electron chi connectivity index (χ3n) is 11.2. The molecule has 5 aliphatic rings. The number of amides is 1. The molecule has 6 atom stereocenters. The van der Waals surface area contributed by atoms with Gasteiger partial charge in [-0.25, -0.2) is 0 Å². The van der Waals surface area contributed by atoms with Gasteiger partial charge in [-0.05, 0) is 90.2 Å². The molecular formula is C36H43BN2O3S. The summed E-state index contributed by atoms with van der Waals surface area (Å²) >= 11 is 1.76. The van der Waals surface area contributed by atoms with Crippen molar-refractivity contribution in [1.29, 1.82) is 0 Å². The molecule has 0 unspecified atom stereocenters. The van der Waals surface area contributed by atoms with Crippen LogP contribution in [-0.2, 0) is 19.6 Å². The van der Waals surface area contributed by atoms with Gasteiger partial charge in [0.2, 0.25) is 5.91 Å². The molecule has 8 rings (SSSR count). The first-order valence-electron chi connectivity index (χ1n) is 15.9. The molecule has 4 fully saturated rings. The average Bonchev–Trinajstić information content (AvgIpc) is 3.53. The van der Waals surface area contributed by atoms with Crippen molar-refractivity contribution < 1.29 is 14.1 Å². The third-order valence-corrected chi connectivity index (χ3v) is 11.9. The van der Waals surface area contributed by atoms with E-state index in [1.165, 1.54) is 28.7 Å². The lowest BCUT2D eigenvalue weighted by Crippen LogP contribution is -2.65. The number of benzene rings is 3. The molecule has 0 radical (unpaired) electrons. The Labute approximate surface area is 261 Å². The van der Waals surface area contributed by atoms with E-state index in [9.17, 15) is 4.79 Å². The van der Waals surface area contributed by atoms with Crippen LogP contribution in [0.3, 0.4) is 0 Å². The van der Waals surface area contributed by atoms with E-state index in [4.69, 9.17) is 9.31 Å². The Morgan fingerprint density at radius 1 is 0.953 bits per heavy atom. The van der Waals surface area contributed by atoms with Crippen molar-refractivity contribution >= 4 is 24.8 Å². The molecule has 1 saturated heterocycles. The predicted octanol–water partition coefficient (Wildman–Crippen LogP) is 6.44. The monoisotopic (exact) mass is 594 g/mol. The summed E-state index contributed by atoms with van der Waals surface area (Å²) in [5.41, 5.74) is 5.22. The quantitative estimate of drug-likeness (QED) is 0.279. The van der Waals surface area contributed by atoms with Crippen LogP contribution >= 0.6 is 11.8 Å². The minimum Gasteiger partial charge on any atom is -0.404 e. The van der Waals surface area contributed by atoms with Gasteiger partial charge in [-0.15, -0.1) is 0 Å². The largest absolute Gasteiger partial charge is 0.481 e. The van der Waals surface area contributed by atoms with Gasteiger partial charge < -0.3 is 14.6 Å². The molecule has 1 heterocycles. The van der Waals surface area contributed by atoms with E-state index in [0.717, 1.165) is 17.7 Å². The molecule has 1 aliphatic heterocycles. The van der Waals surface area contributed by atoms with Crippen molar-refractivity contribution in [2.24, 2.45) is 17.3 Å².